The van der Waals surface area contributed by atoms with Crippen molar-refractivity contribution in [2.75, 3.05) is 13.7 Å². The lowest BCUT2D eigenvalue weighted by molar-refractivity contribution is -0.384. The number of hydrogen-bond acceptors (Lipinski definition) is 6. The first-order chi connectivity index (χ1) is 14.4. The minimum absolute atomic E-state index is 0.00414. The van der Waals surface area contributed by atoms with Gasteiger partial charge in [0, 0.05) is 42.4 Å². The molecule has 8 heteroatoms. The Bertz CT molecular complexity index is 1150. The minimum atomic E-state index is -0.438. The highest BCUT2D eigenvalue weighted by Gasteiger charge is 2.23. The predicted octanol–water partition coefficient (Wildman–Crippen LogP) is 3.22. The summed E-state index contributed by atoms with van der Waals surface area (Å²) in [6.45, 7) is 3.78. The number of nitro groups is 1. The average Bonchev–Trinajstić information content (AvgIpc) is 2.74. The first-order valence-electron chi connectivity index (χ1n) is 9.67. The van der Waals surface area contributed by atoms with Crippen LogP contribution in [0, 0.1) is 17.0 Å². The Morgan fingerprint density at radius 2 is 2.00 bits per heavy atom. The molecule has 0 fully saturated rings. The van der Waals surface area contributed by atoms with E-state index in [-0.39, 0.29) is 11.2 Å². The number of hydrogen-bond donors (Lipinski definition) is 1. The zero-order valence-corrected chi connectivity index (χ0v) is 16.8. The molecule has 0 radical (unpaired) electrons. The molecule has 3 aromatic rings. The largest absolute Gasteiger partial charge is 0.496 e. The summed E-state index contributed by atoms with van der Waals surface area (Å²) in [6.07, 6.45) is 0.598. The van der Waals surface area contributed by atoms with Crippen molar-refractivity contribution in [3.63, 3.8) is 0 Å². The van der Waals surface area contributed by atoms with E-state index < -0.39 is 4.92 Å². The molecule has 0 aliphatic carbocycles. The van der Waals surface area contributed by atoms with Crippen LogP contribution in [0.1, 0.15) is 22.4 Å². The molecular weight excluding hydrogens is 384 g/mol. The Hall–Kier alpha value is -3.52. The zero-order chi connectivity index (χ0) is 21.3. The van der Waals surface area contributed by atoms with Crippen molar-refractivity contribution in [2.45, 2.75) is 26.4 Å². The van der Waals surface area contributed by atoms with Crippen LogP contribution in [-0.4, -0.2) is 33.4 Å². The SMILES string of the molecule is COc1cc([N+](=O)[O-])ccc1CN1CCc2c(nc(-c3ccc(C)cc3)[nH]c2=O)C1. The van der Waals surface area contributed by atoms with Crippen LogP contribution in [0.2, 0.25) is 0 Å². The average molecular weight is 406 g/mol. The molecule has 0 amide bonds. The zero-order valence-electron chi connectivity index (χ0n) is 16.8. The molecule has 0 spiro atoms. The highest BCUT2D eigenvalue weighted by molar-refractivity contribution is 5.55. The van der Waals surface area contributed by atoms with Crippen LogP contribution in [0.5, 0.6) is 5.75 Å². The van der Waals surface area contributed by atoms with Crippen LogP contribution in [-0.2, 0) is 19.5 Å². The second-order valence-corrected chi connectivity index (χ2v) is 7.42. The number of benzene rings is 2. The molecule has 8 nitrogen and oxygen atoms in total. The van der Waals surface area contributed by atoms with E-state index in [1.165, 1.54) is 19.2 Å². The Balaban J connectivity index is 1.59. The van der Waals surface area contributed by atoms with Crippen LogP contribution in [0.4, 0.5) is 5.69 Å². The predicted molar refractivity (Wildman–Crippen MR) is 112 cm³/mol. The standard InChI is InChI=1S/C22H22N4O4/c1-14-3-5-15(6-4-14)21-23-19-13-25(10-9-18(19)22(27)24-21)12-16-7-8-17(26(28)29)11-20(16)30-2/h3-8,11H,9-10,12-13H2,1-2H3,(H,23,24,27). The van der Waals surface area contributed by atoms with Gasteiger partial charge in [0.25, 0.3) is 11.2 Å². The van der Waals surface area contributed by atoms with Gasteiger partial charge in [-0.05, 0) is 19.4 Å². The maximum Gasteiger partial charge on any atom is 0.273 e. The van der Waals surface area contributed by atoms with E-state index in [2.05, 4.69) is 9.88 Å². The topological polar surface area (TPSA) is 101 Å². The van der Waals surface area contributed by atoms with Crippen LogP contribution >= 0.6 is 0 Å². The molecule has 0 bridgehead atoms. The van der Waals surface area contributed by atoms with Crippen molar-refractivity contribution < 1.29 is 9.66 Å². The molecule has 1 N–H and O–H groups in total. The summed E-state index contributed by atoms with van der Waals surface area (Å²) < 4.78 is 5.35. The summed E-state index contributed by atoms with van der Waals surface area (Å²) in [4.78, 5) is 33.0. The smallest absolute Gasteiger partial charge is 0.273 e. The van der Waals surface area contributed by atoms with Crippen LogP contribution in [0.15, 0.2) is 47.3 Å². The van der Waals surface area contributed by atoms with Crippen molar-refractivity contribution in [1.29, 1.82) is 0 Å². The summed E-state index contributed by atoms with van der Waals surface area (Å²) in [5.74, 6) is 1.04. The van der Waals surface area contributed by atoms with E-state index in [4.69, 9.17) is 9.72 Å². The molecule has 0 saturated carbocycles. The molecule has 4 rings (SSSR count). The van der Waals surface area contributed by atoms with E-state index >= 15 is 0 Å². The fourth-order valence-electron chi connectivity index (χ4n) is 3.70. The highest BCUT2D eigenvalue weighted by atomic mass is 16.6. The maximum atomic E-state index is 12.6. The molecule has 1 aliphatic heterocycles. The summed E-state index contributed by atoms with van der Waals surface area (Å²) in [5, 5.41) is 11.0. The number of aryl methyl sites for hydroxylation is 1. The number of non-ortho nitro benzene ring substituents is 1. The number of aromatic amines is 1. The third-order valence-electron chi connectivity index (χ3n) is 5.35. The van der Waals surface area contributed by atoms with Crippen LogP contribution < -0.4 is 10.3 Å². The molecule has 0 atom stereocenters. The van der Waals surface area contributed by atoms with Gasteiger partial charge in [-0.2, -0.15) is 0 Å². The monoisotopic (exact) mass is 406 g/mol. The van der Waals surface area contributed by atoms with Crippen LogP contribution in [0.25, 0.3) is 11.4 Å². The Labute approximate surface area is 173 Å². The van der Waals surface area contributed by atoms with Gasteiger partial charge in [-0.1, -0.05) is 29.8 Å². The van der Waals surface area contributed by atoms with Gasteiger partial charge in [-0.25, -0.2) is 4.98 Å². The molecule has 0 saturated heterocycles. The number of methoxy groups -OCH3 is 1. The van der Waals surface area contributed by atoms with E-state index in [9.17, 15) is 14.9 Å². The van der Waals surface area contributed by atoms with Gasteiger partial charge in [0.1, 0.15) is 11.6 Å². The third-order valence-corrected chi connectivity index (χ3v) is 5.35. The first kappa shape index (κ1) is 19.8. The lowest BCUT2D eigenvalue weighted by Gasteiger charge is -2.28. The third kappa shape index (κ3) is 3.95. The Morgan fingerprint density at radius 1 is 1.23 bits per heavy atom. The Morgan fingerprint density at radius 3 is 2.70 bits per heavy atom. The molecule has 2 aromatic carbocycles. The second kappa shape index (κ2) is 8.08. The van der Waals surface area contributed by atoms with Crippen molar-refractivity contribution in [3.8, 4) is 17.1 Å². The van der Waals surface area contributed by atoms with Gasteiger partial charge in [-0.15, -0.1) is 0 Å². The lowest BCUT2D eigenvalue weighted by Crippen LogP contribution is -2.35. The highest BCUT2D eigenvalue weighted by Crippen LogP contribution is 2.27. The number of nitrogens with zero attached hydrogens (tertiary/aromatic N) is 3. The molecule has 2 heterocycles. The molecule has 1 aromatic heterocycles. The first-order valence-corrected chi connectivity index (χ1v) is 9.67. The lowest BCUT2D eigenvalue weighted by atomic mass is 10.0. The van der Waals surface area contributed by atoms with Crippen LogP contribution in [0.3, 0.4) is 0 Å². The van der Waals surface area contributed by atoms with Gasteiger partial charge in [0.05, 0.1) is 23.8 Å². The van der Waals surface area contributed by atoms with Gasteiger partial charge >= 0.3 is 0 Å². The van der Waals surface area contributed by atoms with Gasteiger partial charge in [-0.3, -0.25) is 19.8 Å². The van der Waals surface area contributed by atoms with E-state index in [0.29, 0.717) is 37.6 Å². The number of aromatic nitrogens is 2. The quantitative estimate of drug-likeness (QED) is 0.516. The van der Waals surface area contributed by atoms with E-state index in [1.54, 1.807) is 6.07 Å². The molecule has 154 valence electrons. The maximum absolute atomic E-state index is 12.6. The van der Waals surface area contributed by atoms with E-state index in [1.807, 2.05) is 31.2 Å². The number of ether oxygens (including phenoxy) is 1. The second-order valence-electron chi connectivity index (χ2n) is 7.42. The minimum Gasteiger partial charge on any atom is -0.496 e. The van der Waals surface area contributed by atoms with E-state index in [0.717, 1.165) is 27.9 Å². The summed E-state index contributed by atoms with van der Waals surface area (Å²) in [7, 11) is 1.50. The van der Waals surface area contributed by atoms with Gasteiger partial charge in [0.2, 0.25) is 0 Å². The van der Waals surface area contributed by atoms with Crippen molar-refractivity contribution in [2.24, 2.45) is 0 Å². The molecule has 1 aliphatic rings. The number of fused-ring (bicyclic) bond motifs is 1. The number of nitrogens with one attached hydrogen (secondary N) is 1. The number of rotatable bonds is 5. The summed E-state index contributed by atoms with van der Waals surface area (Å²) in [6, 6.07) is 12.5. The summed E-state index contributed by atoms with van der Waals surface area (Å²) in [5.41, 5.74) is 4.25. The fourth-order valence-corrected chi connectivity index (χ4v) is 3.70. The normalized spacial score (nSPS) is 13.7. The molecule has 0 unspecified atom stereocenters. The molecular formula is C22H22N4O4. The Kier molecular flexibility index (Phi) is 5.33. The fraction of sp³-hybridized carbons (Fsp3) is 0.273. The molecule has 30 heavy (non-hydrogen) atoms. The van der Waals surface area contributed by atoms with Crippen molar-refractivity contribution >= 4 is 5.69 Å². The summed E-state index contributed by atoms with van der Waals surface area (Å²) >= 11 is 0. The van der Waals surface area contributed by atoms with Gasteiger partial charge in [0.15, 0.2) is 0 Å². The number of H-pyrrole nitrogens is 1. The van der Waals surface area contributed by atoms with Crippen molar-refractivity contribution in [3.05, 3.63) is 85.3 Å². The van der Waals surface area contributed by atoms with Crippen molar-refractivity contribution in [1.82, 2.24) is 14.9 Å². The number of nitro benzene ring substituents is 1. The van der Waals surface area contributed by atoms with Gasteiger partial charge < -0.3 is 9.72 Å².